The Labute approximate surface area is 120 Å². The second-order valence-corrected chi connectivity index (χ2v) is 5.65. The topological polar surface area (TPSA) is 66.6 Å². The SMILES string of the molecule is CCCC1CCCN(C(=O)c2cc(O)ccc2N)CC1. The van der Waals surface area contributed by atoms with E-state index in [4.69, 9.17) is 5.73 Å². The molecule has 1 aromatic carbocycles. The molecule has 1 heterocycles. The van der Waals surface area contributed by atoms with Gasteiger partial charge in [0.25, 0.3) is 5.91 Å². The number of nitrogen functional groups attached to an aromatic ring is 1. The van der Waals surface area contributed by atoms with E-state index in [1.54, 1.807) is 6.07 Å². The van der Waals surface area contributed by atoms with Gasteiger partial charge in [0.1, 0.15) is 5.75 Å². The fraction of sp³-hybridized carbons (Fsp3) is 0.562. The Kier molecular flexibility index (Phi) is 4.88. The number of hydrogen-bond acceptors (Lipinski definition) is 3. The van der Waals surface area contributed by atoms with Gasteiger partial charge >= 0.3 is 0 Å². The van der Waals surface area contributed by atoms with Gasteiger partial charge in [0.05, 0.1) is 5.56 Å². The van der Waals surface area contributed by atoms with Gasteiger partial charge in [0, 0.05) is 18.8 Å². The zero-order valence-corrected chi connectivity index (χ0v) is 12.1. The lowest BCUT2D eigenvalue weighted by Crippen LogP contribution is -2.32. The van der Waals surface area contributed by atoms with Crippen LogP contribution in [0.3, 0.4) is 0 Å². The Hall–Kier alpha value is -1.71. The summed E-state index contributed by atoms with van der Waals surface area (Å²) in [5.41, 5.74) is 6.70. The summed E-state index contributed by atoms with van der Waals surface area (Å²) in [4.78, 5) is 14.4. The van der Waals surface area contributed by atoms with Crippen molar-refractivity contribution in [2.45, 2.75) is 39.0 Å². The van der Waals surface area contributed by atoms with E-state index in [-0.39, 0.29) is 11.7 Å². The van der Waals surface area contributed by atoms with E-state index < -0.39 is 0 Å². The highest BCUT2D eigenvalue weighted by Crippen LogP contribution is 2.25. The number of phenols is 1. The van der Waals surface area contributed by atoms with Crippen molar-refractivity contribution in [1.29, 1.82) is 0 Å². The zero-order valence-electron chi connectivity index (χ0n) is 12.1. The average Bonchev–Trinajstić information content (AvgIpc) is 2.67. The Morgan fingerprint density at radius 1 is 1.40 bits per heavy atom. The molecule has 0 bridgehead atoms. The van der Waals surface area contributed by atoms with Gasteiger partial charge in [-0.1, -0.05) is 19.8 Å². The highest BCUT2D eigenvalue weighted by atomic mass is 16.3. The maximum atomic E-state index is 12.5. The van der Waals surface area contributed by atoms with Gasteiger partial charge in [0.2, 0.25) is 0 Å². The van der Waals surface area contributed by atoms with Crippen LogP contribution in [0.15, 0.2) is 18.2 Å². The number of rotatable bonds is 3. The van der Waals surface area contributed by atoms with Gasteiger partial charge in [-0.05, 0) is 43.4 Å². The molecule has 4 heteroatoms. The number of amides is 1. The Morgan fingerprint density at radius 3 is 2.95 bits per heavy atom. The third-order valence-electron chi connectivity index (χ3n) is 4.10. The number of phenolic OH excluding ortho intramolecular Hbond substituents is 1. The van der Waals surface area contributed by atoms with Crippen molar-refractivity contribution in [3.63, 3.8) is 0 Å². The summed E-state index contributed by atoms with van der Waals surface area (Å²) in [6, 6.07) is 4.55. The van der Waals surface area contributed by atoms with Crippen LogP contribution in [0.25, 0.3) is 0 Å². The van der Waals surface area contributed by atoms with Gasteiger partial charge in [-0.2, -0.15) is 0 Å². The molecule has 0 radical (unpaired) electrons. The monoisotopic (exact) mass is 276 g/mol. The summed E-state index contributed by atoms with van der Waals surface area (Å²) in [7, 11) is 0. The Morgan fingerprint density at radius 2 is 2.20 bits per heavy atom. The minimum absolute atomic E-state index is 0.0597. The number of likely N-dealkylation sites (tertiary alicyclic amines) is 1. The molecule has 1 amide bonds. The summed E-state index contributed by atoms with van der Waals surface area (Å²) in [6.45, 7) is 3.79. The van der Waals surface area contributed by atoms with Crippen LogP contribution in [-0.4, -0.2) is 29.0 Å². The predicted molar refractivity (Wildman–Crippen MR) is 80.7 cm³/mol. The molecule has 1 atom stereocenters. The van der Waals surface area contributed by atoms with Crippen molar-refractivity contribution < 1.29 is 9.90 Å². The molecule has 0 aromatic heterocycles. The largest absolute Gasteiger partial charge is 0.508 e. The molecule has 4 nitrogen and oxygen atoms in total. The second kappa shape index (κ2) is 6.64. The average molecular weight is 276 g/mol. The quantitative estimate of drug-likeness (QED) is 0.658. The molecule has 1 fully saturated rings. The third kappa shape index (κ3) is 3.44. The number of benzene rings is 1. The van der Waals surface area contributed by atoms with Crippen molar-refractivity contribution in [3.05, 3.63) is 23.8 Å². The lowest BCUT2D eigenvalue weighted by atomic mass is 9.96. The van der Waals surface area contributed by atoms with Crippen LogP contribution in [0, 0.1) is 5.92 Å². The van der Waals surface area contributed by atoms with Crippen LogP contribution in [0.2, 0.25) is 0 Å². The molecular formula is C16H24N2O2. The van der Waals surface area contributed by atoms with Crippen LogP contribution < -0.4 is 5.73 Å². The number of nitrogens with zero attached hydrogens (tertiary/aromatic N) is 1. The maximum Gasteiger partial charge on any atom is 0.256 e. The normalized spacial score (nSPS) is 19.6. The molecule has 20 heavy (non-hydrogen) atoms. The molecule has 1 saturated heterocycles. The molecule has 1 aliphatic rings. The van der Waals surface area contributed by atoms with E-state index in [1.165, 1.54) is 31.4 Å². The van der Waals surface area contributed by atoms with Crippen molar-refractivity contribution in [2.24, 2.45) is 5.92 Å². The minimum Gasteiger partial charge on any atom is -0.508 e. The lowest BCUT2D eigenvalue weighted by Gasteiger charge is -2.21. The van der Waals surface area contributed by atoms with Crippen molar-refractivity contribution in [3.8, 4) is 5.75 Å². The highest BCUT2D eigenvalue weighted by molar-refractivity contribution is 5.99. The summed E-state index contributed by atoms with van der Waals surface area (Å²) >= 11 is 0. The summed E-state index contributed by atoms with van der Waals surface area (Å²) in [6.07, 6.45) is 5.77. The molecule has 1 unspecified atom stereocenters. The molecule has 0 spiro atoms. The highest BCUT2D eigenvalue weighted by Gasteiger charge is 2.22. The molecule has 1 aromatic rings. The Bertz CT molecular complexity index is 474. The second-order valence-electron chi connectivity index (χ2n) is 5.65. The van der Waals surface area contributed by atoms with Crippen LogP contribution in [-0.2, 0) is 0 Å². The van der Waals surface area contributed by atoms with Crippen molar-refractivity contribution in [1.82, 2.24) is 4.90 Å². The van der Waals surface area contributed by atoms with Gasteiger partial charge in [-0.15, -0.1) is 0 Å². The first kappa shape index (κ1) is 14.7. The molecule has 3 N–H and O–H groups in total. The minimum atomic E-state index is -0.0597. The first-order chi connectivity index (χ1) is 9.61. The number of aromatic hydroxyl groups is 1. The van der Waals surface area contributed by atoms with Gasteiger partial charge in [-0.25, -0.2) is 0 Å². The van der Waals surface area contributed by atoms with Gasteiger partial charge in [-0.3, -0.25) is 4.79 Å². The Balaban J connectivity index is 2.07. The lowest BCUT2D eigenvalue weighted by molar-refractivity contribution is 0.0760. The van der Waals surface area contributed by atoms with Crippen LogP contribution in [0.1, 0.15) is 49.4 Å². The fourth-order valence-corrected chi connectivity index (χ4v) is 2.97. The van der Waals surface area contributed by atoms with E-state index in [2.05, 4.69) is 6.92 Å². The summed E-state index contributed by atoms with van der Waals surface area (Å²) < 4.78 is 0. The van der Waals surface area contributed by atoms with E-state index in [0.29, 0.717) is 11.3 Å². The third-order valence-corrected chi connectivity index (χ3v) is 4.10. The number of carbonyl (C=O) groups excluding carboxylic acids is 1. The number of anilines is 1. The standard InChI is InChI=1S/C16H24N2O2/c1-2-4-12-5-3-9-18(10-8-12)16(20)14-11-13(19)6-7-15(14)17/h6-7,11-12,19H,2-5,8-10,17H2,1H3. The molecule has 1 aliphatic heterocycles. The number of carbonyl (C=O) groups is 1. The first-order valence-electron chi connectivity index (χ1n) is 7.49. The number of hydrogen-bond donors (Lipinski definition) is 2. The van der Waals surface area contributed by atoms with E-state index in [0.717, 1.165) is 31.8 Å². The van der Waals surface area contributed by atoms with E-state index in [1.807, 2.05) is 4.90 Å². The van der Waals surface area contributed by atoms with Crippen LogP contribution in [0.4, 0.5) is 5.69 Å². The smallest absolute Gasteiger partial charge is 0.256 e. The summed E-state index contributed by atoms with van der Waals surface area (Å²) in [5, 5.41) is 9.53. The van der Waals surface area contributed by atoms with Crippen molar-refractivity contribution >= 4 is 11.6 Å². The van der Waals surface area contributed by atoms with E-state index in [9.17, 15) is 9.90 Å². The van der Waals surface area contributed by atoms with Crippen LogP contribution >= 0.6 is 0 Å². The molecule has 0 aliphatic carbocycles. The zero-order chi connectivity index (χ0) is 14.5. The number of nitrogens with two attached hydrogens (primary N) is 1. The predicted octanol–water partition coefficient (Wildman–Crippen LogP) is 3.02. The van der Waals surface area contributed by atoms with Crippen LogP contribution in [0.5, 0.6) is 5.75 Å². The fourth-order valence-electron chi connectivity index (χ4n) is 2.97. The molecule has 0 saturated carbocycles. The van der Waals surface area contributed by atoms with E-state index >= 15 is 0 Å². The first-order valence-corrected chi connectivity index (χ1v) is 7.49. The van der Waals surface area contributed by atoms with Crippen molar-refractivity contribution in [2.75, 3.05) is 18.8 Å². The summed E-state index contributed by atoms with van der Waals surface area (Å²) in [5.74, 6) is 0.760. The molecular weight excluding hydrogens is 252 g/mol. The molecule has 2 rings (SSSR count). The molecule has 110 valence electrons. The maximum absolute atomic E-state index is 12.5. The van der Waals surface area contributed by atoms with Gasteiger partial charge < -0.3 is 15.7 Å². The van der Waals surface area contributed by atoms with Gasteiger partial charge in [0.15, 0.2) is 0 Å².